The number of ether oxygens (including phenoxy) is 1. The molecule has 114 valence electrons. The lowest BCUT2D eigenvalue weighted by Gasteiger charge is -2.13. The van der Waals surface area contributed by atoms with Crippen LogP contribution in [0, 0.1) is 0 Å². The molecule has 19 heavy (non-hydrogen) atoms. The van der Waals surface area contributed by atoms with Crippen molar-refractivity contribution in [1.29, 1.82) is 0 Å². The smallest absolute Gasteiger partial charge is 0.324 e. The number of nitrogens with two attached hydrogens (primary N) is 2. The average Bonchev–Trinajstić information content (AvgIpc) is 2.35. The maximum absolute atomic E-state index is 11.3. The zero-order chi connectivity index (χ0) is 15.4. The molecule has 0 amide bonds. The molecule has 0 aromatic rings. The van der Waals surface area contributed by atoms with Gasteiger partial charge in [-0.1, -0.05) is 35.4 Å². The van der Waals surface area contributed by atoms with Gasteiger partial charge in [0.15, 0.2) is 0 Å². The number of carboxylic acid groups (broad SMARTS) is 1. The lowest BCUT2D eigenvalue weighted by atomic mass is 10.3. The van der Waals surface area contributed by atoms with Crippen LogP contribution >= 0.6 is 21.6 Å². The van der Waals surface area contributed by atoms with Crippen molar-refractivity contribution >= 4 is 33.5 Å². The lowest BCUT2D eigenvalue weighted by molar-refractivity contribution is -0.148. The molecule has 0 rings (SSSR count). The predicted molar refractivity (Wildman–Crippen MR) is 81.1 cm³/mol. The summed E-state index contributed by atoms with van der Waals surface area (Å²) in [5.74, 6) is -0.855. The number of esters is 1. The van der Waals surface area contributed by atoms with Gasteiger partial charge in [-0.15, -0.1) is 0 Å². The summed E-state index contributed by atoms with van der Waals surface area (Å²) in [6.45, 7) is 7.50. The van der Waals surface area contributed by atoms with E-state index in [-0.39, 0.29) is 11.9 Å². The van der Waals surface area contributed by atoms with Crippen molar-refractivity contribution in [2.24, 2.45) is 11.5 Å². The Kier molecular flexibility index (Phi) is 13.8. The van der Waals surface area contributed by atoms with E-state index in [4.69, 9.17) is 21.3 Å². The van der Waals surface area contributed by atoms with Crippen molar-refractivity contribution in [1.82, 2.24) is 0 Å². The molecule has 0 fully saturated rings. The maximum atomic E-state index is 11.3. The van der Waals surface area contributed by atoms with Crippen LogP contribution in [0.5, 0.6) is 0 Å². The molecule has 0 radical (unpaired) electrons. The number of rotatable bonds is 8. The highest BCUT2D eigenvalue weighted by Crippen LogP contribution is 2.22. The van der Waals surface area contributed by atoms with Gasteiger partial charge in [0.1, 0.15) is 12.1 Å². The molecule has 2 atom stereocenters. The second kappa shape index (κ2) is 12.6. The molecule has 0 aliphatic carbocycles. The summed E-state index contributed by atoms with van der Waals surface area (Å²) >= 11 is 0. The Morgan fingerprint density at radius 1 is 1.11 bits per heavy atom. The first-order valence-electron chi connectivity index (χ1n) is 6.03. The molecule has 0 saturated carbocycles. The van der Waals surface area contributed by atoms with Crippen LogP contribution in [0.2, 0.25) is 0 Å². The number of hydrogen-bond acceptors (Lipinski definition) is 7. The van der Waals surface area contributed by atoms with Gasteiger partial charge in [-0.2, -0.15) is 0 Å². The fourth-order valence-electron chi connectivity index (χ4n) is 0.702. The minimum Gasteiger partial charge on any atom is -0.480 e. The first-order chi connectivity index (χ1) is 8.84. The minimum absolute atomic E-state index is 0.188. The topological polar surface area (TPSA) is 116 Å². The number of carbonyl (C=O) groups excluding carboxylic acids is 1. The van der Waals surface area contributed by atoms with Crippen LogP contribution in [0.25, 0.3) is 0 Å². The summed E-state index contributed by atoms with van der Waals surface area (Å²) in [5, 5.41) is 8.53. The molecule has 0 aromatic carbocycles. The van der Waals surface area contributed by atoms with E-state index >= 15 is 0 Å². The Labute approximate surface area is 122 Å². The van der Waals surface area contributed by atoms with Gasteiger partial charge in [-0.25, -0.2) is 0 Å². The van der Waals surface area contributed by atoms with E-state index in [1.54, 1.807) is 13.8 Å². The first-order valence-corrected chi connectivity index (χ1v) is 8.52. The third-order valence-corrected chi connectivity index (χ3v) is 4.02. The second-order valence-corrected chi connectivity index (χ2v) is 6.16. The Morgan fingerprint density at radius 3 is 1.89 bits per heavy atom. The molecule has 2 unspecified atom stereocenters. The summed E-state index contributed by atoms with van der Waals surface area (Å²) in [4.78, 5) is 21.7. The first kappa shape index (κ1) is 20.9. The average molecular weight is 312 g/mol. The Hall–Kier alpha value is -0.440. The quantitative estimate of drug-likeness (QED) is 0.346. The van der Waals surface area contributed by atoms with Gasteiger partial charge in [0.2, 0.25) is 0 Å². The van der Waals surface area contributed by atoms with Crippen LogP contribution in [-0.2, 0) is 14.3 Å². The summed E-state index contributed by atoms with van der Waals surface area (Å²) in [6, 6.07) is -1.60. The van der Waals surface area contributed by atoms with Crippen LogP contribution in [0.4, 0.5) is 0 Å². The molecule has 0 aliphatic rings. The van der Waals surface area contributed by atoms with Crippen molar-refractivity contribution in [3.63, 3.8) is 0 Å². The fourth-order valence-corrected chi connectivity index (χ4v) is 2.92. The molecule has 0 bridgehead atoms. The molecule has 0 heterocycles. The van der Waals surface area contributed by atoms with E-state index < -0.39 is 24.0 Å². The van der Waals surface area contributed by atoms with E-state index in [1.807, 2.05) is 13.8 Å². The molecule has 0 spiro atoms. The highest BCUT2D eigenvalue weighted by molar-refractivity contribution is 8.76. The monoisotopic (exact) mass is 312 g/mol. The van der Waals surface area contributed by atoms with Crippen molar-refractivity contribution in [3.8, 4) is 0 Å². The largest absolute Gasteiger partial charge is 0.480 e. The molecule has 6 nitrogen and oxygen atoms in total. The highest BCUT2D eigenvalue weighted by Gasteiger charge is 2.17. The van der Waals surface area contributed by atoms with Gasteiger partial charge in [0.25, 0.3) is 0 Å². The van der Waals surface area contributed by atoms with E-state index in [0.717, 1.165) is 0 Å². The van der Waals surface area contributed by atoms with Gasteiger partial charge in [-0.05, 0) is 13.8 Å². The molecule has 0 aliphatic heterocycles. The van der Waals surface area contributed by atoms with Crippen molar-refractivity contribution in [2.45, 2.75) is 45.9 Å². The number of carboxylic acids is 1. The zero-order valence-corrected chi connectivity index (χ0v) is 13.4. The molecule has 0 saturated heterocycles. The second-order valence-electron chi connectivity index (χ2n) is 3.61. The summed E-state index contributed by atoms with van der Waals surface area (Å²) in [5.41, 5.74) is 10.9. The number of hydrogen-bond donors (Lipinski definition) is 3. The molecular formula is C11H24N2O4S2. The van der Waals surface area contributed by atoms with Crippen LogP contribution in [0.1, 0.15) is 27.7 Å². The summed E-state index contributed by atoms with van der Waals surface area (Å²) in [6.07, 6.45) is -0.188. The summed E-state index contributed by atoms with van der Waals surface area (Å²) in [7, 11) is 2.59. The molecule has 0 aromatic heterocycles. The molecule has 5 N–H and O–H groups in total. The highest BCUT2D eigenvalue weighted by atomic mass is 33.1. The lowest BCUT2D eigenvalue weighted by Crippen LogP contribution is -2.36. The van der Waals surface area contributed by atoms with Gasteiger partial charge < -0.3 is 21.3 Å². The Balaban J connectivity index is 0. The van der Waals surface area contributed by atoms with Gasteiger partial charge in [0, 0.05) is 11.5 Å². The Morgan fingerprint density at radius 2 is 1.53 bits per heavy atom. The zero-order valence-electron chi connectivity index (χ0n) is 11.8. The van der Waals surface area contributed by atoms with E-state index in [9.17, 15) is 9.59 Å². The fraction of sp³-hybridized carbons (Fsp3) is 0.818. The van der Waals surface area contributed by atoms with Gasteiger partial charge in [0.05, 0.1) is 6.10 Å². The maximum Gasteiger partial charge on any atom is 0.324 e. The van der Waals surface area contributed by atoms with Crippen LogP contribution in [0.15, 0.2) is 0 Å². The SMILES string of the molecule is CC.CC(C)OC(=O)C(N)CSSCC(N)C(=O)O. The van der Waals surface area contributed by atoms with Crippen molar-refractivity contribution < 1.29 is 19.4 Å². The standard InChI is InChI=1S/C9H18N2O4S2.C2H6/c1-5(2)15-9(14)7(11)4-17-16-3-6(10)8(12)13;1-2/h5-7H,3-4,10-11H2,1-2H3,(H,12,13);1-2H3. The van der Waals surface area contributed by atoms with Crippen LogP contribution < -0.4 is 11.5 Å². The van der Waals surface area contributed by atoms with Gasteiger partial charge in [-0.3, -0.25) is 9.59 Å². The summed E-state index contributed by atoms with van der Waals surface area (Å²) < 4.78 is 4.92. The van der Waals surface area contributed by atoms with Gasteiger partial charge >= 0.3 is 11.9 Å². The third kappa shape index (κ3) is 12.3. The van der Waals surface area contributed by atoms with Crippen molar-refractivity contribution in [2.75, 3.05) is 11.5 Å². The Bertz CT molecular complexity index is 265. The van der Waals surface area contributed by atoms with E-state index in [2.05, 4.69) is 0 Å². The normalized spacial score (nSPS) is 13.2. The predicted octanol–water partition coefficient (Wildman–Crippen LogP) is 1.08. The number of aliphatic carboxylic acids is 1. The number of carbonyl (C=O) groups is 2. The molecule has 8 heteroatoms. The third-order valence-electron chi connectivity index (χ3n) is 1.55. The van der Waals surface area contributed by atoms with E-state index in [1.165, 1.54) is 21.6 Å². The van der Waals surface area contributed by atoms with E-state index in [0.29, 0.717) is 5.75 Å². The van der Waals surface area contributed by atoms with Crippen molar-refractivity contribution in [3.05, 3.63) is 0 Å². The molecular weight excluding hydrogens is 288 g/mol. The van der Waals surface area contributed by atoms with Crippen LogP contribution in [0.3, 0.4) is 0 Å². The minimum atomic E-state index is -1.04. The van der Waals surface area contributed by atoms with Crippen LogP contribution in [-0.4, -0.2) is 46.7 Å².